The van der Waals surface area contributed by atoms with Crippen molar-refractivity contribution in [3.63, 3.8) is 0 Å². The monoisotopic (exact) mass is 311 g/mol. The Morgan fingerprint density at radius 3 is 2.67 bits per heavy atom. The van der Waals surface area contributed by atoms with Gasteiger partial charge in [-0.05, 0) is 37.0 Å². The molecule has 0 unspecified atom stereocenters. The van der Waals surface area contributed by atoms with Crippen molar-refractivity contribution >= 4 is 29.2 Å². The van der Waals surface area contributed by atoms with Crippen LogP contribution in [0.25, 0.3) is 0 Å². The minimum absolute atomic E-state index is 0.0165. The summed E-state index contributed by atoms with van der Waals surface area (Å²) in [5.74, 6) is -0.316. The van der Waals surface area contributed by atoms with E-state index in [-0.39, 0.29) is 16.7 Å². The lowest BCUT2D eigenvalue weighted by molar-refractivity contribution is -0.139. The van der Waals surface area contributed by atoms with Gasteiger partial charge in [-0.2, -0.15) is 0 Å². The third-order valence-corrected chi connectivity index (χ3v) is 3.81. The van der Waals surface area contributed by atoms with Crippen LogP contribution in [0.5, 0.6) is 5.75 Å². The van der Waals surface area contributed by atoms with Crippen LogP contribution in [0.2, 0.25) is 5.02 Å². The predicted molar refractivity (Wildman–Crippen MR) is 79.8 cm³/mol. The largest absolute Gasteiger partial charge is 0.480 e. The number of aliphatic carboxylic acids is 1. The maximum Gasteiger partial charge on any atom is 0.341 e. The average molecular weight is 312 g/mol. The van der Waals surface area contributed by atoms with Crippen molar-refractivity contribution < 1.29 is 19.4 Å². The fraction of sp³-hybridized carbons (Fsp3) is 0.467. The van der Waals surface area contributed by atoms with Gasteiger partial charge in [-0.1, -0.05) is 24.4 Å². The average Bonchev–Trinajstić information content (AvgIpc) is 2.90. The molecule has 0 aliphatic heterocycles. The van der Waals surface area contributed by atoms with Crippen LogP contribution in [0, 0.1) is 5.92 Å². The zero-order valence-corrected chi connectivity index (χ0v) is 12.4. The van der Waals surface area contributed by atoms with Crippen LogP contribution in [0.4, 0.5) is 5.69 Å². The molecule has 0 heterocycles. The van der Waals surface area contributed by atoms with Gasteiger partial charge in [0.15, 0.2) is 6.61 Å². The number of anilines is 1. The minimum atomic E-state index is -1.07. The number of amides is 1. The number of carboxylic acid groups (broad SMARTS) is 1. The smallest absolute Gasteiger partial charge is 0.341 e. The van der Waals surface area contributed by atoms with Crippen molar-refractivity contribution in [3.8, 4) is 5.75 Å². The lowest BCUT2D eigenvalue weighted by Gasteiger charge is -2.11. The summed E-state index contributed by atoms with van der Waals surface area (Å²) in [4.78, 5) is 22.4. The summed E-state index contributed by atoms with van der Waals surface area (Å²) >= 11 is 6.00. The molecule has 0 radical (unpaired) electrons. The molecule has 1 aromatic rings. The van der Waals surface area contributed by atoms with E-state index in [2.05, 4.69) is 5.32 Å². The Hall–Kier alpha value is -1.75. The second kappa shape index (κ2) is 7.31. The molecule has 1 aliphatic carbocycles. The van der Waals surface area contributed by atoms with Crippen LogP contribution >= 0.6 is 11.6 Å². The molecule has 0 bridgehead atoms. The first-order chi connectivity index (χ1) is 10.0. The minimum Gasteiger partial charge on any atom is -0.480 e. The third kappa shape index (κ3) is 4.93. The Labute approximate surface area is 128 Å². The summed E-state index contributed by atoms with van der Waals surface area (Å²) in [6, 6.07) is 4.76. The van der Waals surface area contributed by atoms with Gasteiger partial charge in [0.1, 0.15) is 5.75 Å². The van der Waals surface area contributed by atoms with Crippen molar-refractivity contribution in [2.75, 3.05) is 11.9 Å². The number of hydrogen-bond donors (Lipinski definition) is 2. The van der Waals surface area contributed by atoms with E-state index in [1.165, 1.54) is 12.8 Å². The number of ether oxygens (including phenoxy) is 1. The first-order valence-electron chi connectivity index (χ1n) is 6.98. The quantitative estimate of drug-likeness (QED) is 0.845. The number of rotatable bonds is 6. The standard InChI is InChI=1S/C15H18ClNO4/c16-12-8-11(5-6-13(12)21-9-15(19)20)17-14(18)7-10-3-1-2-4-10/h5-6,8,10H,1-4,7,9H2,(H,17,18)(H,19,20). The Morgan fingerprint density at radius 2 is 2.05 bits per heavy atom. The Kier molecular flexibility index (Phi) is 5.44. The number of benzene rings is 1. The maximum absolute atomic E-state index is 11.9. The summed E-state index contributed by atoms with van der Waals surface area (Å²) < 4.78 is 5.02. The zero-order chi connectivity index (χ0) is 15.2. The highest BCUT2D eigenvalue weighted by Gasteiger charge is 2.18. The number of carbonyl (C=O) groups is 2. The molecular formula is C15H18ClNO4. The molecule has 0 aromatic heterocycles. The lowest BCUT2D eigenvalue weighted by atomic mass is 10.0. The molecule has 5 nitrogen and oxygen atoms in total. The third-order valence-electron chi connectivity index (χ3n) is 3.52. The van der Waals surface area contributed by atoms with Gasteiger partial charge in [0.2, 0.25) is 5.91 Å². The summed E-state index contributed by atoms with van der Waals surface area (Å²) in [6.07, 6.45) is 5.19. The molecule has 1 aromatic carbocycles. The van der Waals surface area contributed by atoms with Crippen LogP contribution in [0.15, 0.2) is 18.2 Å². The van der Waals surface area contributed by atoms with Crippen molar-refractivity contribution in [2.45, 2.75) is 32.1 Å². The highest BCUT2D eigenvalue weighted by atomic mass is 35.5. The second-order valence-electron chi connectivity index (χ2n) is 5.23. The van der Waals surface area contributed by atoms with E-state index in [1.54, 1.807) is 18.2 Å². The van der Waals surface area contributed by atoms with Gasteiger partial charge in [0.25, 0.3) is 0 Å². The number of carboxylic acids is 1. The lowest BCUT2D eigenvalue weighted by Crippen LogP contribution is -2.15. The van der Waals surface area contributed by atoms with Crippen LogP contribution in [0.3, 0.4) is 0 Å². The molecule has 2 rings (SSSR count). The van der Waals surface area contributed by atoms with Gasteiger partial charge in [-0.3, -0.25) is 4.79 Å². The molecule has 2 N–H and O–H groups in total. The van der Waals surface area contributed by atoms with E-state index in [9.17, 15) is 9.59 Å². The van der Waals surface area contributed by atoms with E-state index < -0.39 is 12.6 Å². The second-order valence-corrected chi connectivity index (χ2v) is 5.64. The first kappa shape index (κ1) is 15.6. The Balaban J connectivity index is 1.89. The highest BCUT2D eigenvalue weighted by molar-refractivity contribution is 6.32. The number of nitrogens with one attached hydrogen (secondary N) is 1. The van der Waals surface area contributed by atoms with Crippen LogP contribution in [0.1, 0.15) is 32.1 Å². The highest BCUT2D eigenvalue weighted by Crippen LogP contribution is 2.30. The Bertz CT molecular complexity index is 526. The maximum atomic E-state index is 11.9. The van der Waals surface area contributed by atoms with Crippen molar-refractivity contribution in [1.82, 2.24) is 0 Å². The van der Waals surface area contributed by atoms with Crippen molar-refractivity contribution in [3.05, 3.63) is 23.2 Å². The fourth-order valence-corrected chi connectivity index (χ4v) is 2.76. The summed E-state index contributed by atoms with van der Waals surface area (Å²) in [5, 5.41) is 11.6. The van der Waals surface area contributed by atoms with Crippen LogP contribution in [-0.2, 0) is 9.59 Å². The van der Waals surface area contributed by atoms with Gasteiger partial charge >= 0.3 is 5.97 Å². The molecule has 6 heteroatoms. The van der Waals surface area contributed by atoms with Crippen LogP contribution in [-0.4, -0.2) is 23.6 Å². The summed E-state index contributed by atoms with van der Waals surface area (Å²) in [6.45, 7) is -0.451. The van der Waals surface area contributed by atoms with Gasteiger partial charge < -0.3 is 15.2 Å². The summed E-state index contributed by atoms with van der Waals surface area (Å²) in [5.41, 5.74) is 0.589. The number of halogens is 1. The SMILES string of the molecule is O=C(O)COc1ccc(NC(=O)CC2CCCC2)cc1Cl. The molecule has 0 saturated heterocycles. The summed E-state index contributed by atoms with van der Waals surface area (Å²) in [7, 11) is 0. The predicted octanol–water partition coefficient (Wildman–Crippen LogP) is 3.32. The molecule has 114 valence electrons. The van der Waals surface area contributed by atoms with Crippen LogP contribution < -0.4 is 10.1 Å². The van der Waals surface area contributed by atoms with Gasteiger partial charge in [0, 0.05) is 12.1 Å². The van der Waals surface area contributed by atoms with E-state index in [4.69, 9.17) is 21.4 Å². The number of hydrogen-bond acceptors (Lipinski definition) is 3. The van der Waals surface area contributed by atoms with Crippen molar-refractivity contribution in [2.24, 2.45) is 5.92 Å². The number of carbonyl (C=O) groups excluding carboxylic acids is 1. The molecule has 21 heavy (non-hydrogen) atoms. The molecule has 1 fully saturated rings. The molecular weight excluding hydrogens is 294 g/mol. The van der Waals surface area contributed by atoms with E-state index in [0.717, 1.165) is 12.8 Å². The molecule has 0 spiro atoms. The van der Waals surface area contributed by atoms with E-state index >= 15 is 0 Å². The fourth-order valence-electron chi connectivity index (χ4n) is 2.52. The molecule has 1 saturated carbocycles. The van der Waals surface area contributed by atoms with E-state index in [1.807, 2.05) is 0 Å². The van der Waals surface area contributed by atoms with Gasteiger partial charge in [-0.25, -0.2) is 4.79 Å². The van der Waals surface area contributed by atoms with Gasteiger partial charge in [-0.15, -0.1) is 0 Å². The van der Waals surface area contributed by atoms with Gasteiger partial charge in [0.05, 0.1) is 5.02 Å². The van der Waals surface area contributed by atoms with Crippen molar-refractivity contribution in [1.29, 1.82) is 0 Å². The topological polar surface area (TPSA) is 75.6 Å². The first-order valence-corrected chi connectivity index (χ1v) is 7.36. The normalized spacial score (nSPS) is 14.9. The molecule has 0 atom stereocenters. The van der Waals surface area contributed by atoms with E-state index in [0.29, 0.717) is 18.0 Å². The molecule has 1 aliphatic rings. The molecule has 1 amide bonds. The Morgan fingerprint density at radius 1 is 1.33 bits per heavy atom. The zero-order valence-electron chi connectivity index (χ0n) is 11.6.